The summed E-state index contributed by atoms with van der Waals surface area (Å²) in [5.41, 5.74) is 3.61. The van der Waals surface area contributed by atoms with Gasteiger partial charge in [0.1, 0.15) is 0 Å². The van der Waals surface area contributed by atoms with Gasteiger partial charge in [-0.3, -0.25) is 9.59 Å². The fourth-order valence-electron chi connectivity index (χ4n) is 2.68. The molecule has 3 aromatic carbocycles. The lowest BCUT2D eigenvalue weighted by Crippen LogP contribution is -2.34. The highest BCUT2D eigenvalue weighted by atomic mass is 35.5. The molecule has 0 aliphatic heterocycles. The van der Waals surface area contributed by atoms with Crippen molar-refractivity contribution in [3.8, 4) is 11.5 Å². The van der Waals surface area contributed by atoms with Gasteiger partial charge in [-0.1, -0.05) is 23.2 Å². The summed E-state index contributed by atoms with van der Waals surface area (Å²) in [6.07, 6.45) is 1.38. The summed E-state index contributed by atoms with van der Waals surface area (Å²) < 4.78 is 10.7. The Morgan fingerprint density at radius 2 is 1.50 bits per heavy atom. The average Bonchev–Trinajstić information content (AvgIpc) is 2.84. The van der Waals surface area contributed by atoms with Crippen LogP contribution in [0.3, 0.4) is 0 Å². The zero-order valence-corrected chi connectivity index (χ0v) is 19.4. The largest absolute Gasteiger partial charge is 0.493 e. The number of halogens is 2. The number of carbonyl (C=O) groups excluding carboxylic acids is 3. The number of nitrogens with one attached hydrogen (secondary N) is 2. The van der Waals surface area contributed by atoms with E-state index in [0.717, 1.165) is 0 Å². The SMILES string of the molecule is COc1cc(/C=N\NC(=O)CNC(=O)c2ccc(Cl)cc2)ccc1OC(=O)c1ccc(Cl)cc1. The van der Waals surface area contributed by atoms with Crippen molar-refractivity contribution < 1.29 is 23.9 Å². The number of hydrogen-bond donors (Lipinski definition) is 2. The summed E-state index contributed by atoms with van der Waals surface area (Å²) in [4.78, 5) is 36.2. The predicted octanol–water partition coefficient (Wildman–Crippen LogP) is 4.10. The van der Waals surface area contributed by atoms with E-state index in [1.807, 2.05) is 0 Å². The number of methoxy groups -OCH3 is 1. The third kappa shape index (κ3) is 7.06. The Kier molecular flexibility index (Phi) is 8.61. The Bertz CT molecular complexity index is 1210. The fraction of sp³-hybridized carbons (Fsp3) is 0.0833. The van der Waals surface area contributed by atoms with Crippen LogP contribution in [0.4, 0.5) is 0 Å². The standard InChI is InChI=1S/C24H19Cl2N3O5/c1-33-21-12-15(2-11-20(21)34-24(32)17-5-9-19(26)10-6-17)13-28-29-22(30)14-27-23(31)16-3-7-18(25)8-4-16/h2-13H,14H2,1H3,(H,27,31)(H,29,30)/b28-13-. The molecule has 0 bridgehead atoms. The first kappa shape index (κ1) is 24.8. The second kappa shape index (κ2) is 11.8. The molecule has 2 amide bonds. The van der Waals surface area contributed by atoms with Crippen molar-refractivity contribution in [2.75, 3.05) is 13.7 Å². The Morgan fingerprint density at radius 1 is 0.882 bits per heavy atom. The number of esters is 1. The van der Waals surface area contributed by atoms with Crippen LogP contribution in [0.1, 0.15) is 26.3 Å². The predicted molar refractivity (Wildman–Crippen MR) is 129 cm³/mol. The van der Waals surface area contributed by atoms with Gasteiger partial charge in [-0.15, -0.1) is 0 Å². The van der Waals surface area contributed by atoms with E-state index in [1.165, 1.54) is 13.3 Å². The van der Waals surface area contributed by atoms with Gasteiger partial charge >= 0.3 is 5.97 Å². The number of hydrogen-bond acceptors (Lipinski definition) is 6. The molecule has 0 saturated heterocycles. The van der Waals surface area contributed by atoms with Crippen molar-refractivity contribution in [2.24, 2.45) is 5.10 Å². The van der Waals surface area contributed by atoms with E-state index in [1.54, 1.807) is 66.7 Å². The van der Waals surface area contributed by atoms with Crippen LogP contribution in [0.5, 0.6) is 11.5 Å². The Balaban J connectivity index is 1.53. The minimum Gasteiger partial charge on any atom is -0.493 e. The van der Waals surface area contributed by atoms with Gasteiger partial charge in [-0.25, -0.2) is 10.2 Å². The molecule has 0 heterocycles. The van der Waals surface area contributed by atoms with Gasteiger partial charge < -0.3 is 14.8 Å². The van der Waals surface area contributed by atoms with E-state index < -0.39 is 17.8 Å². The van der Waals surface area contributed by atoms with E-state index in [-0.39, 0.29) is 12.3 Å². The third-order valence-corrected chi connectivity index (χ3v) is 4.89. The smallest absolute Gasteiger partial charge is 0.343 e. The summed E-state index contributed by atoms with van der Waals surface area (Å²) in [6.45, 7) is -0.262. The maximum Gasteiger partial charge on any atom is 0.343 e. The number of nitrogens with zero attached hydrogens (tertiary/aromatic N) is 1. The summed E-state index contributed by atoms with van der Waals surface area (Å²) in [5, 5.41) is 7.36. The monoisotopic (exact) mass is 499 g/mol. The van der Waals surface area contributed by atoms with Gasteiger partial charge in [0.05, 0.1) is 25.4 Å². The van der Waals surface area contributed by atoms with Crippen LogP contribution in [0.25, 0.3) is 0 Å². The summed E-state index contributed by atoms with van der Waals surface area (Å²) in [6, 6.07) is 17.3. The minimum atomic E-state index is -0.565. The highest BCUT2D eigenvalue weighted by molar-refractivity contribution is 6.31. The molecule has 10 heteroatoms. The second-order valence-electron chi connectivity index (χ2n) is 6.79. The van der Waals surface area contributed by atoms with Crippen LogP contribution in [-0.2, 0) is 4.79 Å². The normalized spacial score (nSPS) is 10.6. The van der Waals surface area contributed by atoms with Gasteiger partial charge in [0.25, 0.3) is 11.8 Å². The molecule has 34 heavy (non-hydrogen) atoms. The molecule has 3 aromatic rings. The number of rotatable bonds is 8. The first-order valence-electron chi connectivity index (χ1n) is 9.87. The van der Waals surface area contributed by atoms with Gasteiger partial charge in [0, 0.05) is 15.6 Å². The van der Waals surface area contributed by atoms with Crippen molar-refractivity contribution in [1.29, 1.82) is 0 Å². The van der Waals surface area contributed by atoms with Crippen LogP contribution < -0.4 is 20.2 Å². The van der Waals surface area contributed by atoms with Crippen LogP contribution in [0.2, 0.25) is 10.0 Å². The second-order valence-corrected chi connectivity index (χ2v) is 7.66. The van der Waals surface area contributed by atoms with Crippen molar-refractivity contribution in [3.05, 3.63) is 93.5 Å². The van der Waals surface area contributed by atoms with Crippen molar-refractivity contribution >= 4 is 47.2 Å². The van der Waals surface area contributed by atoms with Crippen molar-refractivity contribution in [2.45, 2.75) is 0 Å². The first-order valence-corrected chi connectivity index (χ1v) is 10.6. The molecule has 0 radical (unpaired) electrons. The Labute approximate surface area is 205 Å². The quantitative estimate of drug-likeness (QED) is 0.210. The fourth-order valence-corrected chi connectivity index (χ4v) is 2.93. The molecule has 0 spiro atoms. The molecule has 8 nitrogen and oxygen atoms in total. The maximum atomic E-state index is 12.3. The molecular formula is C24H19Cl2N3O5. The lowest BCUT2D eigenvalue weighted by atomic mass is 10.2. The maximum absolute atomic E-state index is 12.3. The Hall–Kier alpha value is -3.88. The number of ether oxygens (including phenoxy) is 2. The van der Waals surface area contributed by atoms with Gasteiger partial charge in [-0.05, 0) is 72.3 Å². The van der Waals surface area contributed by atoms with Gasteiger partial charge in [0.2, 0.25) is 0 Å². The lowest BCUT2D eigenvalue weighted by Gasteiger charge is -2.10. The summed E-state index contributed by atoms with van der Waals surface area (Å²) in [7, 11) is 1.43. The third-order valence-electron chi connectivity index (χ3n) is 4.39. The van der Waals surface area contributed by atoms with E-state index >= 15 is 0 Å². The van der Waals surface area contributed by atoms with Crippen LogP contribution in [0, 0.1) is 0 Å². The van der Waals surface area contributed by atoms with Gasteiger partial charge in [-0.2, -0.15) is 5.10 Å². The molecule has 3 rings (SSSR count). The van der Waals surface area contributed by atoms with Crippen LogP contribution in [0.15, 0.2) is 71.8 Å². The molecule has 0 aromatic heterocycles. The highest BCUT2D eigenvalue weighted by Crippen LogP contribution is 2.28. The molecule has 0 saturated carbocycles. The molecule has 174 valence electrons. The van der Waals surface area contributed by atoms with Gasteiger partial charge in [0.15, 0.2) is 11.5 Å². The minimum absolute atomic E-state index is 0.216. The molecular weight excluding hydrogens is 481 g/mol. The number of carbonyl (C=O) groups is 3. The molecule has 0 fully saturated rings. The highest BCUT2D eigenvalue weighted by Gasteiger charge is 2.13. The molecule has 0 atom stereocenters. The zero-order chi connectivity index (χ0) is 24.5. The average molecular weight is 500 g/mol. The van der Waals surface area contributed by atoms with Crippen molar-refractivity contribution in [1.82, 2.24) is 10.7 Å². The topological polar surface area (TPSA) is 106 Å². The van der Waals surface area contributed by atoms with Crippen LogP contribution >= 0.6 is 23.2 Å². The molecule has 2 N–H and O–H groups in total. The number of benzene rings is 3. The Morgan fingerprint density at radius 3 is 2.12 bits per heavy atom. The van der Waals surface area contributed by atoms with E-state index in [0.29, 0.717) is 32.5 Å². The summed E-state index contributed by atoms with van der Waals surface area (Å²) >= 11 is 11.6. The van der Waals surface area contributed by atoms with E-state index in [4.69, 9.17) is 32.7 Å². The van der Waals surface area contributed by atoms with Crippen molar-refractivity contribution in [3.63, 3.8) is 0 Å². The summed E-state index contributed by atoms with van der Waals surface area (Å²) in [5.74, 6) is -0.978. The first-order chi connectivity index (χ1) is 16.4. The zero-order valence-electron chi connectivity index (χ0n) is 17.9. The lowest BCUT2D eigenvalue weighted by molar-refractivity contribution is -0.120. The molecule has 0 unspecified atom stereocenters. The number of amides is 2. The van der Waals surface area contributed by atoms with E-state index in [2.05, 4.69) is 15.8 Å². The van der Waals surface area contributed by atoms with E-state index in [9.17, 15) is 14.4 Å². The molecule has 0 aliphatic rings. The number of hydrazone groups is 1. The molecule has 0 aliphatic carbocycles. The van der Waals surface area contributed by atoms with Crippen LogP contribution in [-0.4, -0.2) is 37.7 Å².